The largest absolute Gasteiger partial charge is 0.444 e. The topological polar surface area (TPSA) is 50.4 Å². The first-order chi connectivity index (χ1) is 9.35. The van der Waals surface area contributed by atoms with Crippen LogP contribution >= 0.6 is 11.8 Å². The standard InChI is InChI=1S/C15H32N2O2S/c1-13(12-17-14(18)19-15(2,3)4)16-10-8-6-7-9-11-20-5/h13,16H,6-12H2,1-5H3,(H,17,18). The number of carbonyl (C=O) groups is 1. The van der Waals surface area contributed by atoms with Crippen molar-refractivity contribution < 1.29 is 9.53 Å². The predicted molar refractivity (Wildman–Crippen MR) is 88.6 cm³/mol. The van der Waals surface area contributed by atoms with Gasteiger partial charge in [-0.2, -0.15) is 11.8 Å². The number of hydrogen-bond donors (Lipinski definition) is 2. The Morgan fingerprint density at radius 3 is 2.45 bits per heavy atom. The van der Waals surface area contributed by atoms with Crippen LogP contribution in [0.3, 0.4) is 0 Å². The third-order valence-electron chi connectivity index (χ3n) is 2.72. The van der Waals surface area contributed by atoms with Crippen LogP contribution in [0.2, 0.25) is 0 Å². The molecule has 0 aliphatic carbocycles. The molecule has 2 N–H and O–H groups in total. The van der Waals surface area contributed by atoms with Crippen LogP contribution in [-0.4, -0.2) is 42.8 Å². The van der Waals surface area contributed by atoms with Crippen LogP contribution in [0.4, 0.5) is 4.79 Å². The fourth-order valence-corrected chi connectivity index (χ4v) is 2.19. The minimum absolute atomic E-state index is 0.272. The number of unbranched alkanes of at least 4 members (excludes halogenated alkanes) is 3. The molecule has 20 heavy (non-hydrogen) atoms. The highest BCUT2D eigenvalue weighted by Gasteiger charge is 2.16. The van der Waals surface area contributed by atoms with Gasteiger partial charge in [0, 0.05) is 12.6 Å². The third-order valence-corrected chi connectivity index (χ3v) is 3.42. The lowest BCUT2D eigenvalue weighted by Gasteiger charge is -2.21. The molecule has 120 valence electrons. The number of alkyl carbamates (subject to hydrolysis) is 1. The zero-order valence-electron chi connectivity index (χ0n) is 13.8. The molecule has 0 rings (SSSR count). The molecule has 1 atom stereocenters. The average molecular weight is 305 g/mol. The van der Waals surface area contributed by atoms with Crippen molar-refractivity contribution in [1.29, 1.82) is 0 Å². The number of carbonyl (C=O) groups excluding carboxylic acids is 1. The molecular formula is C15H32N2O2S. The number of hydrogen-bond acceptors (Lipinski definition) is 4. The Balaban J connectivity index is 3.45. The van der Waals surface area contributed by atoms with E-state index in [4.69, 9.17) is 4.74 Å². The molecule has 0 aromatic carbocycles. The SMILES string of the molecule is CSCCCCCCNC(C)CNC(=O)OC(C)(C)C. The lowest BCUT2D eigenvalue weighted by Crippen LogP contribution is -2.41. The molecule has 0 aromatic rings. The molecule has 1 amide bonds. The van der Waals surface area contributed by atoms with Crippen molar-refractivity contribution in [3.8, 4) is 0 Å². The van der Waals surface area contributed by atoms with Crippen LogP contribution in [0.5, 0.6) is 0 Å². The zero-order valence-corrected chi connectivity index (χ0v) is 14.6. The van der Waals surface area contributed by atoms with Crippen LogP contribution in [0.1, 0.15) is 53.4 Å². The van der Waals surface area contributed by atoms with Gasteiger partial charge in [-0.05, 0) is 59.1 Å². The number of amides is 1. The number of ether oxygens (including phenoxy) is 1. The summed E-state index contributed by atoms with van der Waals surface area (Å²) in [5, 5.41) is 6.20. The van der Waals surface area contributed by atoms with Gasteiger partial charge in [-0.3, -0.25) is 0 Å². The van der Waals surface area contributed by atoms with Gasteiger partial charge in [-0.1, -0.05) is 12.8 Å². The first-order valence-electron chi connectivity index (χ1n) is 7.54. The van der Waals surface area contributed by atoms with Gasteiger partial charge in [-0.15, -0.1) is 0 Å². The molecule has 0 spiro atoms. The molecule has 0 aromatic heterocycles. The number of thioether (sulfide) groups is 1. The Labute approximate surface area is 128 Å². The van der Waals surface area contributed by atoms with E-state index in [2.05, 4.69) is 23.8 Å². The summed E-state index contributed by atoms with van der Waals surface area (Å²) in [5.74, 6) is 1.27. The van der Waals surface area contributed by atoms with E-state index in [-0.39, 0.29) is 12.1 Å². The van der Waals surface area contributed by atoms with E-state index in [1.54, 1.807) is 0 Å². The van der Waals surface area contributed by atoms with Crippen LogP contribution < -0.4 is 10.6 Å². The quantitative estimate of drug-likeness (QED) is 0.607. The second-order valence-electron chi connectivity index (χ2n) is 6.14. The van der Waals surface area contributed by atoms with Gasteiger partial charge in [0.15, 0.2) is 0 Å². The highest BCUT2D eigenvalue weighted by molar-refractivity contribution is 7.98. The summed E-state index contributed by atoms with van der Waals surface area (Å²) >= 11 is 1.92. The van der Waals surface area contributed by atoms with E-state index in [9.17, 15) is 4.79 Å². The van der Waals surface area contributed by atoms with Gasteiger partial charge in [-0.25, -0.2) is 4.79 Å². The minimum atomic E-state index is -0.433. The fraction of sp³-hybridized carbons (Fsp3) is 0.933. The number of nitrogens with one attached hydrogen (secondary N) is 2. The van der Waals surface area contributed by atoms with Gasteiger partial charge in [0.2, 0.25) is 0 Å². The minimum Gasteiger partial charge on any atom is -0.444 e. The maximum absolute atomic E-state index is 11.5. The molecule has 0 bridgehead atoms. The van der Waals surface area contributed by atoms with Crippen molar-refractivity contribution in [3.63, 3.8) is 0 Å². The van der Waals surface area contributed by atoms with E-state index in [0.717, 1.165) is 6.54 Å². The summed E-state index contributed by atoms with van der Waals surface area (Å²) in [4.78, 5) is 11.5. The highest BCUT2D eigenvalue weighted by atomic mass is 32.2. The van der Waals surface area contributed by atoms with Crippen LogP contribution in [0, 0.1) is 0 Å². The van der Waals surface area contributed by atoms with E-state index >= 15 is 0 Å². The molecule has 0 aliphatic rings. The van der Waals surface area contributed by atoms with Crippen LogP contribution in [0.15, 0.2) is 0 Å². The summed E-state index contributed by atoms with van der Waals surface area (Å²) in [6.07, 6.45) is 6.92. The predicted octanol–water partition coefficient (Wildman–Crippen LogP) is 3.41. The van der Waals surface area contributed by atoms with Gasteiger partial charge in [0.1, 0.15) is 5.60 Å². The van der Waals surface area contributed by atoms with Crippen molar-refractivity contribution in [3.05, 3.63) is 0 Å². The third kappa shape index (κ3) is 14.0. The molecule has 0 heterocycles. The Bertz CT molecular complexity index is 255. The lowest BCUT2D eigenvalue weighted by molar-refractivity contribution is 0.0523. The molecule has 0 saturated carbocycles. The van der Waals surface area contributed by atoms with Crippen LogP contribution in [-0.2, 0) is 4.74 Å². The molecule has 0 radical (unpaired) electrons. The van der Waals surface area contributed by atoms with Crippen molar-refractivity contribution in [2.75, 3.05) is 25.1 Å². The normalized spacial score (nSPS) is 13.1. The first kappa shape index (κ1) is 19.6. The van der Waals surface area contributed by atoms with E-state index in [0.29, 0.717) is 6.54 Å². The monoisotopic (exact) mass is 304 g/mol. The van der Waals surface area contributed by atoms with Gasteiger partial charge in [0.05, 0.1) is 0 Å². The van der Waals surface area contributed by atoms with E-state index in [1.165, 1.54) is 31.4 Å². The molecular weight excluding hydrogens is 272 g/mol. The molecule has 4 nitrogen and oxygen atoms in total. The average Bonchev–Trinajstić information content (AvgIpc) is 2.33. The lowest BCUT2D eigenvalue weighted by atomic mass is 10.2. The Morgan fingerprint density at radius 1 is 1.20 bits per heavy atom. The highest BCUT2D eigenvalue weighted by Crippen LogP contribution is 2.06. The molecule has 0 aliphatic heterocycles. The van der Waals surface area contributed by atoms with Crippen molar-refractivity contribution in [2.45, 2.75) is 65.0 Å². The Morgan fingerprint density at radius 2 is 1.85 bits per heavy atom. The summed E-state index contributed by atoms with van der Waals surface area (Å²) < 4.78 is 5.19. The van der Waals surface area contributed by atoms with Crippen molar-refractivity contribution in [1.82, 2.24) is 10.6 Å². The Kier molecular flexibility index (Phi) is 11.0. The maximum Gasteiger partial charge on any atom is 0.407 e. The molecule has 1 unspecified atom stereocenters. The summed E-state index contributed by atoms with van der Waals surface area (Å²) in [6.45, 7) is 9.28. The Hall–Kier alpha value is -0.420. The summed E-state index contributed by atoms with van der Waals surface area (Å²) in [5.41, 5.74) is -0.433. The maximum atomic E-state index is 11.5. The fourth-order valence-electron chi connectivity index (χ4n) is 1.70. The second kappa shape index (κ2) is 11.3. The molecule has 0 fully saturated rings. The van der Waals surface area contributed by atoms with Gasteiger partial charge in [0.25, 0.3) is 0 Å². The molecule has 5 heteroatoms. The van der Waals surface area contributed by atoms with Crippen LogP contribution in [0.25, 0.3) is 0 Å². The smallest absolute Gasteiger partial charge is 0.407 e. The second-order valence-corrected chi connectivity index (χ2v) is 7.13. The van der Waals surface area contributed by atoms with Gasteiger partial charge < -0.3 is 15.4 Å². The van der Waals surface area contributed by atoms with Gasteiger partial charge >= 0.3 is 6.09 Å². The van der Waals surface area contributed by atoms with E-state index < -0.39 is 5.60 Å². The first-order valence-corrected chi connectivity index (χ1v) is 8.93. The number of rotatable bonds is 10. The van der Waals surface area contributed by atoms with Crippen molar-refractivity contribution >= 4 is 17.9 Å². The zero-order chi connectivity index (χ0) is 15.4. The summed E-state index contributed by atoms with van der Waals surface area (Å²) in [6, 6.07) is 0.272. The van der Waals surface area contributed by atoms with Crippen molar-refractivity contribution in [2.24, 2.45) is 0 Å². The molecule has 0 saturated heterocycles. The summed E-state index contributed by atoms with van der Waals surface area (Å²) in [7, 11) is 0. The van der Waals surface area contributed by atoms with E-state index in [1.807, 2.05) is 32.5 Å².